The molecule has 2 unspecified atom stereocenters. The molecule has 3 rings (SSSR count). The lowest BCUT2D eigenvalue weighted by molar-refractivity contribution is 0.104. The van der Waals surface area contributed by atoms with Gasteiger partial charge in [-0.1, -0.05) is 29.8 Å². The Morgan fingerprint density at radius 3 is 2.67 bits per heavy atom. The predicted molar refractivity (Wildman–Crippen MR) is 102 cm³/mol. The topological polar surface area (TPSA) is 59.3 Å². The highest BCUT2D eigenvalue weighted by Gasteiger charge is 2.20. The molecule has 0 aliphatic rings. The SMILES string of the molecule is Cc1ccc(OCC(O)CNC(c2cccc(F)c2)c2nccn2C)cc1. The van der Waals surface area contributed by atoms with E-state index >= 15 is 0 Å². The minimum absolute atomic E-state index is 0.159. The molecule has 1 aromatic heterocycles. The smallest absolute Gasteiger partial charge is 0.130 e. The van der Waals surface area contributed by atoms with Crippen molar-refractivity contribution in [2.45, 2.75) is 19.1 Å². The van der Waals surface area contributed by atoms with E-state index in [0.29, 0.717) is 5.75 Å². The second-order valence-corrected chi connectivity index (χ2v) is 6.57. The van der Waals surface area contributed by atoms with Gasteiger partial charge in [0.05, 0.1) is 6.04 Å². The highest BCUT2D eigenvalue weighted by molar-refractivity contribution is 5.27. The number of hydrogen-bond donors (Lipinski definition) is 2. The molecule has 0 bridgehead atoms. The zero-order chi connectivity index (χ0) is 19.2. The van der Waals surface area contributed by atoms with Crippen molar-refractivity contribution in [3.05, 3.63) is 83.7 Å². The summed E-state index contributed by atoms with van der Waals surface area (Å²) >= 11 is 0. The summed E-state index contributed by atoms with van der Waals surface area (Å²) in [5.41, 5.74) is 1.90. The number of aliphatic hydroxyl groups is 1. The van der Waals surface area contributed by atoms with Crippen LogP contribution in [0.3, 0.4) is 0 Å². The summed E-state index contributed by atoms with van der Waals surface area (Å²) in [5, 5.41) is 13.6. The van der Waals surface area contributed by atoms with Crippen LogP contribution in [0.1, 0.15) is 23.0 Å². The molecule has 3 aromatic rings. The van der Waals surface area contributed by atoms with E-state index in [1.165, 1.54) is 12.1 Å². The number of nitrogens with one attached hydrogen (secondary N) is 1. The lowest BCUT2D eigenvalue weighted by atomic mass is 10.1. The number of hydrogen-bond acceptors (Lipinski definition) is 4. The van der Waals surface area contributed by atoms with Crippen molar-refractivity contribution in [3.63, 3.8) is 0 Å². The Morgan fingerprint density at radius 1 is 1.22 bits per heavy atom. The van der Waals surface area contributed by atoms with Crippen LogP contribution in [0.25, 0.3) is 0 Å². The molecular formula is C21H24FN3O2. The van der Waals surface area contributed by atoms with E-state index in [4.69, 9.17) is 4.74 Å². The van der Waals surface area contributed by atoms with Crippen LogP contribution in [0.4, 0.5) is 4.39 Å². The maximum atomic E-state index is 13.7. The van der Waals surface area contributed by atoms with Crippen molar-refractivity contribution in [1.29, 1.82) is 0 Å². The fraction of sp³-hybridized carbons (Fsp3) is 0.286. The molecule has 0 aliphatic heterocycles. The van der Waals surface area contributed by atoms with Gasteiger partial charge in [0, 0.05) is 26.0 Å². The standard InChI is InChI=1S/C21H24FN3O2/c1-15-6-8-19(9-7-15)27-14-18(26)13-24-20(21-23-10-11-25(21)2)16-4-3-5-17(22)12-16/h3-12,18,20,24,26H,13-14H2,1-2H3. The first-order valence-electron chi connectivity index (χ1n) is 8.86. The Balaban J connectivity index is 1.64. The Hall–Kier alpha value is -2.70. The molecule has 2 aromatic carbocycles. The van der Waals surface area contributed by atoms with Gasteiger partial charge in [-0.15, -0.1) is 0 Å². The summed E-state index contributed by atoms with van der Waals surface area (Å²) in [6.07, 6.45) is 2.81. The zero-order valence-electron chi connectivity index (χ0n) is 15.5. The van der Waals surface area contributed by atoms with Crippen LogP contribution in [0, 0.1) is 12.7 Å². The predicted octanol–water partition coefficient (Wildman–Crippen LogP) is 2.99. The summed E-state index contributed by atoms with van der Waals surface area (Å²) in [7, 11) is 1.88. The van der Waals surface area contributed by atoms with E-state index < -0.39 is 6.10 Å². The van der Waals surface area contributed by atoms with Crippen molar-refractivity contribution in [2.24, 2.45) is 7.05 Å². The van der Waals surface area contributed by atoms with Crippen molar-refractivity contribution in [2.75, 3.05) is 13.2 Å². The lowest BCUT2D eigenvalue weighted by Crippen LogP contribution is -2.35. The number of aliphatic hydroxyl groups excluding tert-OH is 1. The van der Waals surface area contributed by atoms with Gasteiger partial charge in [0.1, 0.15) is 30.1 Å². The molecule has 1 heterocycles. The molecule has 142 valence electrons. The quantitative estimate of drug-likeness (QED) is 0.641. The molecular weight excluding hydrogens is 345 g/mol. The molecule has 27 heavy (non-hydrogen) atoms. The van der Waals surface area contributed by atoms with E-state index in [2.05, 4.69) is 10.3 Å². The number of halogens is 1. The van der Waals surface area contributed by atoms with Gasteiger partial charge in [0.25, 0.3) is 0 Å². The second-order valence-electron chi connectivity index (χ2n) is 6.57. The van der Waals surface area contributed by atoms with Crippen molar-refractivity contribution in [1.82, 2.24) is 14.9 Å². The van der Waals surface area contributed by atoms with E-state index in [-0.39, 0.29) is 25.0 Å². The van der Waals surface area contributed by atoms with E-state index in [1.54, 1.807) is 12.3 Å². The molecule has 5 nitrogen and oxygen atoms in total. The number of ether oxygens (including phenoxy) is 1. The maximum absolute atomic E-state index is 13.7. The fourth-order valence-corrected chi connectivity index (χ4v) is 2.84. The first-order valence-corrected chi connectivity index (χ1v) is 8.86. The average Bonchev–Trinajstić information content (AvgIpc) is 3.07. The van der Waals surface area contributed by atoms with Gasteiger partial charge in [-0.2, -0.15) is 0 Å². The molecule has 0 radical (unpaired) electrons. The number of nitrogens with zero attached hydrogens (tertiary/aromatic N) is 2. The molecule has 0 spiro atoms. The van der Waals surface area contributed by atoms with E-state index in [0.717, 1.165) is 17.0 Å². The Kier molecular flexibility index (Phi) is 6.21. The number of aryl methyl sites for hydroxylation is 2. The van der Waals surface area contributed by atoms with Crippen molar-refractivity contribution in [3.8, 4) is 5.75 Å². The van der Waals surface area contributed by atoms with Gasteiger partial charge < -0.3 is 19.7 Å². The monoisotopic (exact) mass is 369 g/mol. The van der Waals surface area contributed by atoms with Crippen LogP contribution in [0.5, 0.6) is 5.75 Å². The molecule has 2 atom stereocenters. The average molecular weight is 369 g/mol. The largest absolute Gasteiger partial charge is 0.491 e. The van der Waals surface area contributed by atoms with Crippen LogP contribution in [-0.2, 0) is 7.05 Å². The van der Waals surface area contributed by atoms with Gasteiger partial charge in [-0.05, 0) is 36.8 Å². The molecule has 0 saturated heterocycles. The molecule has 0 fully saturated rings. The first kappa shape index (κ1) is 19.1. The summed E-state index contributed by atoms with van der Waals surface area (Å²) in [5.74, 6) is 1.15. The highest BCUT2D eigenvalue weighted by Crippen LogP contribution is 2.21. The molecule has 0 saturated carbocycles. The normalized spacial score (nSPS) is 13.3. The van der Waals surface area contributed by atoms with E-state index in [1.807, 2.05) is 55.1 Å². The third-order valence-electron chi connectivity index (χ3n) is 4.32. The highest BCUT2D eigenvalue weighted by atomic mass is 19.1. The van der Waals surface area contributed by atoms with E-state index in [9.17, 15) is 9.50 Å². The third kappa shape index (κ3) is 5.15. The van der Waals surface area contributed by atoms with Crippen LogP contribution >= 0.6 is 0 Å². The van der Waals surface area contributed by atoms with Crippen LogP contribution in [0.15, 0.2) is 60.9 Å². The Morgan fingerprint density at radius 2 is 2.00 bits per heavy atom. The maximum Gasteiger partial charge on any atom is 0.130 e. The Bertz CT molecular complexity index is 864. The first-order chi connectivity index (χ1) is 13.0. The van der Waals surface area contributed by atoms with Gasteiger partial charge in [-0.25, -0.2) is 9.37 Å². The van der Waals surface area contributed by atoms with Gasteiger partial charge in [-0.3, -0.25) is 0 Å². The minimum Gasteiger partial charge on any atom is -0.491 e. The van der Waals surface area contributed by atoms with Crippen molar-refractivity contribution >= 4 is 0 Å². The third-order valence-corrected chi connectivity index (χ3v) is 4.32. The van der Waals surface area contributed by atoms with Crippen LogP contribution < -0.4 is 10.1 Å². The minimum atomic E-state index is -0.720. The lowest BCUT2D eigenvalue weighted by Gasteiger charge is -2.21. The molecule has 6 heteroatoms. The van der Waals surface area contributed by atoms with Gasteiger partial charge >= 0.3 is 0 Å². The van der Waals surface area contributed by atoms with Gasteiger partial charge in [0.2, 0.25) is 0 Å². The summed E-state index contributed by atoms with van der Waals surface area (Å²) < 4.78 is 21.2. The number of rotatable bonds is 8. The summed E-state index contributed by atoms with van der Waals surface area (Å²) in [6.45, 7) is 2.44. The molecule has 0 amide bonds. The Labute approximate surface area is 158 Å². The number of aromatic nitrogens is 2. The van der Waals surface area contributed by atoms with Crippen LogP contribution in [-0.4, -0.2) is 33.9 Å². The van der Waals surface area contributed by atoms with Crippen molar-refractivity contribution < 1.29 is 14.2 Å². The number of benzene rings is 2. The summed E-state index contributed by atoms with van der Waals surface area (Å²) in [4.78, 5) is 4.37. The second kappa shape index (κ2) is 8.79. The van der Waals surface area contributed by atoms with Gasteiger partial charge in [0.15, 0.2) is 0 Å². The fourth-order valence-electron chi connectivity index (χ4n) is 2.84. The number of imidazole rings is 1. The summed E-state index contributed by atoms with van der Waals surface area (Å²) in [6, 6.07) is 13.7. The van der Waals surface area contributed by atoms with Crippen LogP contribution in [0.2, 0.25) is 0 Å². The zero-order valence-corrected chi connectivity index (χ0v) is 15.5. The molecule has 2 N–H and O–H groups in total. The molecule has 0 aliphatic carbocycles.